The van der Waals surface area contributed by atoms with Gasteiger partial charge in [0.25, 0.3) is 0 Å². The van der Waals surface area contributed by atoms with E-state index in [0.29, 0.717) is 19.4 Å². The molecular weight excluding hydrogens is 248 g/mol. The summed E-state index contributed by atoms with van der Waals surface area (Å²) in [4.78, 5) is 23.1. The molecule has 1 atom stereocenters. The zero-order valence-electron chi connectivity index (χ0n) is 11.4. The number of ether oxygens (including phenoxy) is 1. The van der Waals surface area contributed by atoms with Crippen molar-refractivity contribution in [3.63, 3.8) is 0 Å². The molecule has 0 heterocycles. The number of amides is 1. The van der Waals surface area contributed by atoms with E-state index < -0.39 is 12.0 Å². The summed E-state index contributed by atoms with van der Waals surface area (Å²) in [6.07, 6.45) is 4.16. The van der Waals surface area contributed by atoms with Crippen LogP contribution >= 0.6 is 0 Å². The first-order valence-corrected chi connectivity index (χ1v) is 6.82. The second-order valence-corrected chi connectivity index (χ2v) is 5.15. The fraction of sp³-hybridized carbons (Fsp3) is 0.846. The summed E-state index contributed by atoms with van der Waals surface area (Å²) in [6, 6.07) is -0.640. The van der Waals surface area contributed by atoms with Gasteiger partial charge >= 0.3 is 5.97 Å². The molecule has 1 amide bonds. The van der Waals surface area contributed by atoms with Crippen LogP contribution in [0, 0.1) is 5.92 Å². The van der Waals surface area contributed by atoms with Gasteiger partial charge in [0.15, 0.2) is 0 Å². The van der Waals surface area contributed by atoms with E-state index in [1.165, 1.54) is 0 Å². The lowest BCUT2D eigenvalue weighted by Crippen LogP contribution is -2.45. The third kappa shape index (κ3) is 5.57. The van der Waals surface area contributed by atoms with Gasteiger partial charge < -0.3 is 20.9 Å². The number of nitrogens with one attached hydrogen (secondary N) is 1. The van der Waals surface area contributed by atoms with Gasteiger partial charge in [0.05, 0.1) is 0 Å². The second kappa shape index (κ2) is 8.12. The smallest absolute Gasteiger partial charge is 0.326 e. The highest BCUT2D eigenvalue weighted by Gasteiger charge is 2.27. The van der Waals surface area contributed by atoms with E-state index >= 15 is 0 Å². The molecule has 0 bridgehead atoms. The summed E-state index contributed by atoms with van der Waals surface area (Å²) in [7, 11) is 1.57. The van der Waals surface area contributed by atoms with E-state index in [4.69, 9.17) is 15.6 Å². The predicted molar refractivity (Wildman–Crippen MR) is 70.6 cm³/mol. The summed E-state index contributed by atoms with van der Waals surface area (Å²) in [5.41, 5.74) is 5.79. The van der Waals surface area contributed by atoms with Crippen molar-refractivity contribution < 1.29 is 19.4 Å². The number of nitrogens with two attached hydrogens (primary N) is 1. The molecule has 0 aromatic heterocycles. The van der Waals surface area contributed by atoms with Gasteiger partial charge in [-0.15, -0.1) is 0 Å². The SMILES string of the molecule is COCCCC(NC(=O)C1CCC(N)CC1)C(=O)O. The highest BCUT2D eigenvalue weighted by atomic mass is 16.5. The molecule has 19 heavy (non-hydrogen) atoms. The summed E-state index contributed by atoms with van der Waals surface area (Å²) in [6.45, 7) is 0.498. The average Bonchev–Trinajstić information content (AvgIpc) is 2.38. The van der Waals surface area contributed by atoms with Crippen molar-refractivity contribution in [1.29, 1.82) is 0 Å². The minimum absolute atomic E-state index is 0.0934. The molecule has 0 saturated heterocycles. The molecule has 0 aromatic rings. The van der Waals surface area contributed by atoms with Crippen LogP contribution in [0.5, 0.6) is 0 Å². The van der Waals surface area contributed by atoms with Crippen molar-refractivity contribution in [3.05, 3.63) is 0 Å². The number of methoxy groups -OCH3 is 1. The standard InChI is InChI=1S/C13H24N2O4/c1-19-8-2-3-11(13(17)18)15-12(16)9-4-6-10(14)7-5-9/h9-11H,2-8,14H2,1H3,(H,15,16)(H,17,18). The van der Waals surface area contributed by atoms with E-state index in [1.54, 1.807) is 7.11 Å². The Kier molecular flexibility index (Phi) is 6.80. The van der Waals surface area contributed by atoms with Gasteiger partial charge in [-0.05, 0) is 38.5 Å². The minimum Gasteiger partial charge on any atom is -0.480 e. The van der Waals surface area contributed by atoms with Gasteiger partial charge in [-0.25, -0.2) is 4.79 Å². The maximum atomic E-state index is 12.0. The quantitative estimate of drug-likeness (QED) is 0.586. The van der Waals surface area contributed by atoms with Crippen LogP contribution in [0.2, 0.25) is 0 Å². The molecule has 1 aliphatic carbocycles. The Balaban J connectivity index is 2.40. The van der Waals surface area contributed by atoms with Gasteiger partial charge in [0, 0.05) is 25.7 Å². The molecule has 4 N–H and O–H groups in total. The first-order chi connectivity index (χ1) is 9.04. The van der Waals surface area contributed by atoms with Crippen molar-refractivity contribution in [2.75, 3.05) is 13.7 Å². The monoisotopic (exact) mass is 272 g/mol. The van der Waals surface area contributed by atoms with E-state index in [9.17, 15) is 9.59 Å². The van der Waals surface area contributed by atoms with Crippen LogP contribution in [0.15, 0.2) is 0 Å². The summed E-state index contributed by atoms with van der Waals surface area (Å²) < 4.78 is 4.89. The maximum absolute atomic E-state index is 12.0. The Labute approximate surface area is 113 Å². The molecule has 6 nitrogen and oxygen atoms in total. The third-order valence-electron chi connectivity index (χ3n) is 3.60. The van der Waals surface area contributed by atoms with Crippen LogP contribution in [0.25, 0.3) is 0 Å². The first kappa shape index (κ1) is 15.9. The lowest BCUT2D eigenvalue weighted by Gasteiger charge is -2.26. The van der Waals surface area contributed by atoms with Gasteiger partial charge in [-0.3, -0.25) is 4.79 Å². The van der Waals surface area contributed by atoms with Gasteiger partial charge in [0.1, 0.15) is 6.04 Å². The third-order valence-corrected chi connectivity index (χ3v) is 3.60. The normalized spacial score (nSPS) is 24.7. The van der Waals surface area contributed by atoms with Crippen LogP contribution in [0.4, 0.5) is 0 Å². The molecule has 0 spiro atoms. The van der Waals surface area contributed by atoms with Crippen molar-refractivity contribution in [2.24, 2.45) is 11.7 Å². The number of rotatable bonds is 7. The fourth-order valence-corrected chi connectivity index (χ4v) is 2.36. The van der Waals surface area contributed by atoms with Gasteiger partial charge in [0.2, 0.25) is 5.91 Å². The first-order valence-electron chi connectivity index (χ1n) is 6.82. The van der Waals surface area contributed by atoms with Crippen molar-refractivity contribution in [1.82, 2.24) is 5.32 Å². The summed E-state index contributed by atoms with van der Waals surface area (Å²) in [5.74, 6) is -1.24. The molecule has 1 fully saturated rings. The molecule has 0 radical (unpaired) electrons. The lowest BCUT2D eigenvalue weighted by molar-refractivity contribution is -0.143. The molecule has 1 saturated carbocycles. The highest BCUT2D eigenvalue weighted by Crippen LogP contribution is 2.23. The largest absolute Gasteiger partial charge is 0.480 e. The molecule has 1 unspecified atom stereocenters. The van der Waals surface area contributed by atoms with Crippen LogP contribution < -0.4 is 11.1 Å². The Hall–Kier alpha value is -1.14. The average molecular weight is 272 g/mol. The number of aliphatic carboxylic acids is 1. The molecular formula is C13H24N2O4. The zero-order valence-corrected chi connectivity index (χ0v) is 11.4. The van der Waals surface area contributed by atoms with Gasteiger partial charge in [-0.1, -0.05) is 0 Å². The number of carbonyl (C=O) groups is 2. The highest BCUT2D eigenvalue weighted by molar-refractivity contribution is 5.85. The maximum Gasteiger partial charge on any atom is 0.326 e. The predicted octanol–water partition coefficient (Wildman–Crippen LogP) is 0.500. The van der Waals surface area contributed by atoms with Crippen molar-refractivity contribution >= 4 is 11.9 Å². The van der Waals surface area contributed by atoms with Crippen LogP contribution in [-0.4, -0.2) is 42.8 Å². The number of carbonyl (C=O) groups excluding carboxylic acids is 1. The lowest BCUT2D eigenvalue weighted by atomic mass is 9.85. The summed E-state index contributed by atoms with van der Waals surface area (Å²) in [5, 5.41) is 11.7. The van der Waals surface area contributed by atoms with E-state index in [-0.39, 0.29) is 17.9 Å². The molecule has 1 rings (SSSR count). The molecule has 110 valence electrons. The second-order valence-electron chi connectivity index (χ2n) is 5.15. The van der Waals surface area contributed by atoms with E-state index in [1.807, 2.05) is 0 Å². The molecule has 1 aliphatic rings. The van der Waals surface area contributed by atoms with E-state index in [0.717, 1.165) is 25.7 Å². The number of hydrogen-bond acceptors (Lipinski definition) is 4. The number of carboxylic acid groups (broad SMARTS) is 1. The van der Waals surface area contributed by atoms with E-state index in [2.05, 4.69) is 5.32 Å². The Morgan fingerprint density at radius 1 is 1.37 bits per heavy atom. The number of hydrogen-bond donors (Lipinski definition) is 3. The Morgan fingerprint density at radius 2 is 2.00 bits per heavy atom. The van der Waals surface area contributed by atoms with Crippen LogP contribution in [0.3, 0.4) is 0 Å². The van der Waals surface area contributed by atoms with Crippen LogP contribution in [-0.2, 0) is 14.3 Å². The molecule has 0 aliphatic heterocycles. The molecule has 6 heteroatoms. The number of carboxylic acids is 1. The molecule has 0 aromatic carbocycles. The Bertz CT molecular complexity index is 301. The minimum atomic E-state index is -0.989. The van der Waals surface area contributed by atoms with Crippen molar-refractivity contribution in [3.8, 4) is 0 Å². The topological polar surface area (TPSA) is 102 Å². The zero-order chi connectivity index (χ0) is 14.3. The van der Waals surface area contributed by atoms with Gasteiger partial charge in [-0.2, -0.15) is 0 Å². The summed E-state index contributed by atoms with van der Waals surface area (Å²) >= 11 is 0. The van der Waals surface area contributed by atoms with Crippen LogP contribution in [0.1, 0.15) is 38.5 Å². The Morgan fingerprint density at radius 3 is 2.53 bits per heavy atom. The fourth-order valence-electron chi connectivity index (χ4n) is 2.36. The van der Waals surface area contributed by atoms with Crippen molar-refractivity contribution in [2.45, 2.75) is 50.6 Å².